The number of aromatic nitrogens is 2. The maximum Gasteiger partial charge on any atom is 0.276 e. The highest BCUT2D eigenvalue weighted by atomic mass is 16.5. The van der Waals surface area contributed by atoms with Crippen LogP contribution in [0.15, 0.2) is 35.1 Å². The number of carbonyl (C=O) groups is 1. The van der Waals surface area contributed by atoms with Gasteiger partial charge in [-0.1, -0.05) is 5.16 Å². The summed E-state index contributed by atoms with van der Waals surface area (Å²) in [6.07, 6.45) is 3.42. The molecule has 0 spiro atoms. The van der Waals surface area contributed by atoms with Crippen LogP contribution in [0.4, 0.5) is 0 Å². The number of carbonyl (C=O) groups excluding carboxylic acids is 1. The van der Waals surface area contributed by atoms with Crippen molar-refractivity contribution in [3.63, 3.8) is 0 Å². The molecule has 3 rings (SSSR count). The van der Waals surface area contributed by atoms with Gasteiger partial charge in [0.2, 0.25) is 0 Å². The quantitative estimate of drug-likeness (QED) is 0.845. The summed E-state index contributed by atoms with van der Waals surface area (Å²) in [6, 6.07) is 5.33. The largest absolute Gasteiger partial charge is 0.372 e. The van der Waals surface area contributed by atoms with E-state index in [2.05, 4.69) is 10.1 Å². The lowest BCUT2D eigenvalue weighted by molar-refractivity contribution is -0.0588. The van der Waals surface area contributed by atoms with Crippen LogP contribution in [0, 0.1) is 0 Å². The third-order valence-electron chi connectivity index (χ3n) is 3.38. The van der Waals surface area contributed by atoms with Gasteiger partial charge < -0.3 is 14.2 Å². The van der Waals surface area contributed by atoms with Crippen LogP contribution in [0.1, 0.15) is 24.3 Å². The molecule has 0 aromatic carbocycles. The molecule has 2 atom stereocenters. The Bertz CT molecular complexity index is 616. The van der Waals surface area contributed by atoms with Crippen molar-refractivity contribution in [2.24, 2.45) is 0 Å². The molecule has 1 saturated heterocycles. The Morgan fingerprint density at radius 2 is 2.10 bits per heavy atom. The van der Waals surface area contributed by atoms with Crippen LogP contribution in [-0.4, -0.2) is 46.2 Å². The molecule has 21 heavy (non-hydrogen) atoms. The number of ether oxygens (including phenoxy) is 1. The Kier molecular flexibility index (Phi) is 3.70. The standard InChI is InChI=1S/C15H17N3O3/c1-10-8-18(9-11(2)20-10)15(19)13-6-14(21-17-13)12-4-3-5-16-7-12/h3-7,10-11H,8-9H2,1-2H3/t10-,11-/m0/s1. The highest BCUT2D eigenvalue weighted by Gasteiger charge is 2.28. The van der Waals surface area contributed by atoms with Crippen molar-refractivity contribution in [3.8, 4) is 11.3 Å². The Hall–Kier alpha value is -2.21. The average molecular weight is 287 g/mol. The molecule has 6 nitrogen and oxygen atoms in total. The second-order valence-corrected chi connectivity index (χ2v) is 5.29. The summed E-state index contributed by atoms with van der Waals surface area (Å²) in [6.45, 7) is 5.05. The van der Waals surface area contributed by atoms with Crippen LogP contribution >= 0.6 is 0 Å². The van der Waals surface area contributed by atoms with Crippen LogP contribution in [0.3, 0.4) is 0 Å². The molecule has 1 amide bonds. The first-order valence-electron chi connectivity index (χ1n) is 6.95. The first kappa shape index (κ1) is 13.8. The van der Waals surface area contributed by atoms with Crippen molar-refractivity contribution in [1.29, 1.82) is 0 Å². The van der Waals surface area contributed by atoms with Gasteiger partial charge in [0.1, 0.15) is 0 Å². The van der Waals surface area contributed by atoms with E-state index in [1.165, 1.54) is 0 Å². The second kappa shape index (κ2) is 5.65. The maximum atomic E-state index is 12.5. The lowest BCUT2D eigenvalue weighted by atomic mass is 10.2. The molecule has 110 valence electrons. The molecule has 0 saturated carbocycles. The zero-order chi connectivity index (χ0) is 14.8. The van der Waals surface area contributed by atoms with E-state index in [0.29, 0.717) is 24.5 Å². The van der Waals surface area contributed by atoms with E-state index in [9.17, 15) is 4.79 Å². The molecule has 0 unspecified atom stereocenters. The van der Waals surface area contributed by atoms with Gasteiger partial charge in [0.05, 0.1) is 12.2 Å². The fourth-order valence-electron chi connectivity index (χ4n) is 2.53. The summed E-state index contributed by atoms with van der Waals surface area (Å²) in [4.78, 5) is 18.2. The number of hydrogen-bond acceptors (Lipinski definition) is 5. The topological polar surface area (TPSA) is 68.5 Å². The molecule has 0 N–H and O–H groups in total. The zero-order valence-electron chi connectivity index (χ0n) is 12.0. The lowest BCUT2D eigenvalue weighted by Gasteiger charge is -2.34. The highest BCUT2D eigenvalue weighted by Crippen LogP contribution is 2.21. The van der Waals surface area contributed by atoms with Gasteiger partial charge >= 0.3 is 0 Å². The van der Waals surface area contributed by atoms with E-state index >= 15 is 0 Å². The molecule has 0 radical (unpaired) electrons. The minimum Gasteiger partial charge on any atom is -0.372 e. The van der Waals surface area contributed by atoms with Crippen LogP contribution < -0.4 is 0 Å². The Morgan fingerprint density at radius 1 is 1.33 bits per heavy atom. The minimum atomic E-state index is -0.129. The van der Waals surface area contributed by atoms with E-state index in [-0.39, 0.29) is 18.1 Å². The van der Waals surface area contributed by atoms with Crippen molar-refractivity contribution in [3.05, 3.63) is 36.3 Å². The summed E-state index contributed by atoms with van der Waals surface area (Å²) >= 11 is 0. The second-order valence-electron chi connectivity index (χ2n) is 5.29. The maximum absolute atomic E-state index is 12.5. The third-order valence-corrected chi connectivity index (χ3v) is 3.38. The van der Waals surface area contributed by atoms with E-state index in [0.717, 1.165) is 5.56 Å². The van der Waals surface area contributed by atoms with Gasteiger partial charge in [-0.2, -0.15) is 0 Å². The molecule has 1 aliphatic heterocycles. The minimum absolute atomic E-state index is 0.0300. The van der Waals surface area contributed by atoms with Crippen LogP contribution in [0.2, 0.25) is 0 Å². The lowest BCUT2D eigenvalue weighted by Crippen LogP contribution is -2.48. The van der Waals surface area contributed by atoms with Crippen LogP contribution in [0.25, 0.3) is 11.3 Å². The molecule has 0 bridgehead atoms. The van der Waals surface area contributed by atoms with Gasteiger partial charge in [0.15, 0.2) is 11.5 Å². The van der Waals surface area contributed by atoms with Gasteiger partial charge in [-0.15, -0.1) is 0 Å². The molecule has 2 aromatic rings. The third kappa shape index (κ3) is 2.95. The number of morpholine rings is 1. The fourth-order valence-corrected chi connectivity index (χ4v) is 2.53. The predicted molar refractivity (Wildman–Crippen MR) is 75.6 cm³/mol. The van der Waals surface area contributed by atoms with E-state index in [4.69, 9.17) is 9.26 Å². The Labute approximate surface area is 122 Å². The predicted octanol–water partition coefficient (Wildman–Crippen LogP) is 1.99. The summed E-state index contributed by atoms with van der Waals surface area (Å²) in [7, 11) is 0. The first-order valence-corrected chi connectivity index (χ1v) is 6.95. The van der Waals surface area contributed by atoms with Crippen molar-refractivity contribution in [2.45, 2.75) is 26.1 Å². The van der Waals surface area contributed by atoms with Gasteiger partial charge in [-0.05, 0) is 26.0 Å². The van der Waals surface area contributed by atoms with Crippen molar-refractivity contribution in [1.82, 2.24) is 15.0 Å². The number of amides is 1. The van der Waals surface area contributed by atoms with Gasteiger partial charge in [0, 0.05) is 37.1 Å². The summed E-state index contributed by atoms with van der Waals surface area (Å²) in [5, 5.41) is 3.88. The fraction of sp³-hybridized carbons (Fsp3) is 0.400. The van der Waals surface area contributed by atoms with Gasteiger partial charge in [-0.25, -0.2) is 0 Å². The molecular formula is C15H17N3O3. The zero-order valence-corrected chi connectivity index (χ0v) is 12.0. The monoisotopic (exact) mass is 287 g/mol. The summed E-state index contributed by atoms with van der Waals surface area (Å²) in [5.41, 5.74) is 1.11. The van der Waals surface area contributed by atoms with Gasteiger partial charge in [-0.3, -0.25) is 9.78 Å². The van der Waals surface area contributed by atoms with E-state index < -0.39 is 0 Å². The first-order chi connectivity index (χ1) is 10.1. The van der Waals surface area contributed by atoms with Crippen molar-refractivity contribution < 1.29 is 14.1 Å². The van der Waals surface area contributed by atoms with Crippen LogP contribution in [-0.2, 0) is 4.74 Å². The molecule has 0 aliphatic carbocycles. The number of hydrogen-bond donors (Lipinski definition) is 0. The molecular weight excluding hydrogens is 270 g/mol. The van der Waals surface area contributed by atoms with E-state index in [1.807, 2.05) is 26.0 Å². The van der Waals surface area contributed by atoms with Crippen molar-refractivity contribution in [2.75, 3.05) is 13.1 Å². The Morgan fingerprint density at radius 3 is 2.76 bits per heavy atom. The summed E-state index contributed by atoms with van der Waals surface area (Å²) in [5.74, 6) is 0.414. The number of pyridine rings is 1. The normalized spacial score (nSPS) is 22.3. The smallest absolute Gasteiger partial charge is 0.276 e. The molecule has 1 aliphatic rings. The molecule has 2 aromatic heterocycles. The number of nitrogens with zero attached hydrogens (tertiary/aromatic N) is 3. The van der Waals surface area contributed by atoms with Crippen molar-refractivity contribution >= 4 is 5.91 Å². The Balaban J connectivity index is 1.78. The molecule has 1 fully saturated rings. The summed E-state index contributed by atoms with van der Waals surface area (Å²) < 4.78 is 10.9. The molecule has 3 heterocycles. The van der Waals surface area contributed by atoms with Crippen LogP contribution in [0.5, 0.6) is 0 Å². The number of rotatable bonds is 2. The van der Waals surface area contributed by atoms with Gasteiger partial charge in [0.25, 0.3) is 5.91 Å². The SMILES string of the molecule is C[C@H]1CN(C(=O)c2cc(-c3cccnc3)on2)C[C@H](C)O1. The van der Waals surface area contributed by atoms with E-state index in [1.54, 1.807) is 23.4 Å². The highest BCUT2D eigenvalue weighted by molar-refractivity contribution is 5.93. The average Bonchev–Trinajstić information content (AvgIpc) is 2.96. The molecule has 6 heteroatoms.